The Hall–Kier alpha value is -0.170. The first-order valence-corrected chi connectivity index (χ1v) is 11.2. The molecule has 0 radical (unpaired) electrons. The van der Waals surface area contributed by atoms with Gasteiger partial charge in [0, 0.05) is 0 Å². The topological polar surface area (TPSA) is 72.8 Å². The predicted molar refractivity (Wildman–Crippen MR) is 98.1 cm³/mol. The smallest absolute Gasteiger partial charge is 0.246 e. The van der Waals surface area contributed by atoms with E-state index >= 15 is 0 Å². The Balaban J connectivity index is 3.08. The Morgan fingerprint density at radius 3 is 1.29 bits per heavy atom. The first-order valence-electron chi connectivity index (χ1n) is 9.85. The standard InChI is InChI=1S/C18H38O5S/c1-2-3-4-5-6-7-8-9-10-11-12-13-14-15-16-17-18-22-24(20,21)23-19/h19H,2-18H2,1H3. The molecule has 0 amide bonds. The van der Waals surface area contributed by atoms with Crippen molar-refractivity contribution in [2.45, 2.75) is 110 Å². The lowest BCUT2D eigenvalue weighted by Gasteiger charge is -2.04. The van der Waals surface area contributed by atoms with E-state index in [-0.39, 0.29) is 6.61 Å². The summed E-state index contributed by atoms with van der Waals surface area (Å²) in [6.45, 7) is 2.33. The molecule has 6 heteroatoms. The summed E-state index contributed by atoms with van der Waals surface area (Å²) < 4.78 is 28.9. The van der Waals surface area contributed by atoms with Crippen LogP contribution in [0.15, 0.2) is 0 Å². The SMILES string of the molecule is CCCCCCCCCCCCCCCCCCOS(=O)(=O)OO. The van der Waals surface area contributed by atoms with E-state index in [1.165, 1.54) is 83.5 Å². The van der Waals surface area contributed by atoms with Crippen molar-refractivity contribution >= 4 is 10.4 Å². The molecule has 0 spiro atoms. The average Bonchev–Trinajstić information content (AvgIpc) is 2.57. The molecule has 0 atom stereocenters. The van der Waals surface area contributed by atoms with Crippen molar-refractivity contribution in [1.29, 1.82) is 0 Å². The monoisotopic (exact) mass is 366 g/mol. The molecule has 0 aromatic heterocycles. The van der Waals surface area contributed by atoms with Gasteiger partial charge in [-0.05, 0) is 6.42 Å². The fourth-order valence-corrected chi connectivity index (χ4v) is 3.20. The molecule has 0 bridgehead atoms. The molecule has 0 aliphatic heterocycles. The Kier molecular flexibility index (Phi) is 17.5. The zero-order valence-electron chi connectivity index (χ0n) is 15.5. The molecular formula is C18H38O5S. The molecule has 0 aromatic carbocycles. The van der Waals surface area contributed by atoms with Gasteiger partial charge in [-0.2, -0.15) is 8.42 Å². The predicted octanol–water partition coefficient (Wildman–Crippen LogP) is 6.00. The van der Waals surface area contributed by atoms with Crippen LogP contribution in [-0.4, -0.2) is 20.3 Å². The van der Waals surface area contributed by atoms with Gasteiger partial charge in [-0.15, -0.1) is 0 Å². The average molecular weight is 367 g/mol. The van der Waals surface area contributed by atoms with Crippen LogP contribution in [0.5, 0.6) is 0 Å². The number of hydrogen-bond acceptors (Lipinski definition) is 5. The molecule has 0 aromatic rings. The van der Waals surface area contributed by atoms with E-state index in [0.29, 0.717) is 6.42 Å². The van der Waals surface area contributed by atoms with Gasteiger partial charge in [0.1, 0.15) is 0 Å². The van der Waals surface area contributed by atoms with Crippen molar-refractivity contribution in [2.24, 2.45) is 0 Å². The van der Waals surface area contributed by atoms with Crippen LogP contribution in [0, 0.1) is 0 Å². The van der Waals surface area contributed by atoms with E-state index in [4.69, 9.17) is 5.26 Å². The van der Waals surface area contributed by atoms with Crippen LogP contribution in [0.4, 0.5) is 0 Å². The van der Waals surface area contributed by atoms with Crippen LogP contribution in [-0.2, 0) is 18.9 Å². The van der Waals surface area contributed by atoms with Crippen molar-refractivity contribution in [3.8, 4) is 0 Å². The Labute approximate surface area is 149 Å². The lowest BCUT2D eigenvalue weighted by molar-refractivity contribution is -0.142. The molecule has 24 heavy (non-hydrogen) atoms. The van der Waals surface area contributed by atoms with Gasteiger partial charge in [-0.1, -0.05) is 108 Å². The first-order chi connectivity index (χ1) is 11.6. The largest absolute Gasteiger partial charge is 0.426 e. The van der Waals surface area contributed by atoms with Crippen LogP contribution < -0.4 is 0 Å². The van der Waals surface area contributed by atoms with Crippen molar-refractivity contribution in [1.82, 2.24) is 0 Å². The van der Waals surface area contributed by atoms with Gasteiger partial charge in [0.05, 0.1) is 6.61 Å². The highest BCUT2D eigenvalue weighted by Gasteiger charge is 2.09. The van der Waals surface area contributed by atoms with Crippen LogP contribution in [0.1, 0.15) is 110 Å². The zero-order valence-corrected chi connectivity index (χ0v) is 16.3. The van der Waals surface area contributed by atoms with Gasteiger partial charge >= 0.3 is 10.4 Å². The highest BCUT2D eigenvalue weighted by molar-refractivity contribution is 7.81. The second-order valence-electron chi connectivity index (χ2n) is 6.61. The van der Waals surface area contributed by atoms with Gasteiger partial charge < -0.3 is 0 Å². The highest BCUT2D eigenvalue weighted by Crippen LogP contribution is 2.13. The molecule has 0 unspecified atom stereocenters. The summed E-state index contributed by atoms with van der Waals surface area (Å²) >= 11 is 0. The normalized spacial score (nSPS) is 11.9. The van der Waals surface area contributed by atoms with Crippen molar-refractivity contribution < 1.29 is 22.2 Å². The minimum atomic E-state index is -4.18. The highest BCUT2D eigenvalue weighted by atomic mass is 32.3. The Morgan fingerprint density at radius 2 is 0.958 bits per heavy atom. The second kappa shape index (κ2) is 17.6. The van der Waals surface area contributed by atoms with Gasteiger partial charge in [0.25, 0.3) is 0 Å². The molecule has 1 N–H and O–H groups in total. The van der Waals surface area contributed by atoms with Crippen LogP contribution in [0.2, 0.25) is 0 Å². The summed E-state index contributed by atoms with van der Waals surface area (Å²) in [6, 6.07) is 0. The van der Waals surface area contributed by atoms with Gasteiger partial charge in [-0.3, -0.25) is 0 Å². The molecular weight excluding hydrogens is 328 g/mol. The molecule has 0 aliphatic rings. The molecule has 0 saturated heterocycles. The molecule has 0 aliphatic carbocycles. The zero-order chi connectivity index (χ0) is 17.9. The lowest BCUT2D eigenvalue weighted by Crippen LogP contribution is -2.08. The second-order valence-corrected chi connectivity index (χ2v) is 7.81. The lowest BCUT2D eigenvalue weighted by atomic mass is 10.0. The summed E-state index contributed by atoms with van der Waals surface area (Å²) in [5.74, 6) is 0. The van der Waals surface area contributed by atoms with E-state index in [9.17, 15) is 8.42 Å². The summed E-state index contributed by atoms with van der Waals surface area (Å²) in [5, 5.41) is 8.02. The van der Waals surface area contributed by atoms with Gasteiger partial charge in [0.2, 0.25) is 0 Å². The Morgan fingerprint density at radius 1 is 0.625 bits per heavy atom. The van der Waals surface area contributed by atoms with Crippen LogP contribution in [0.25, 0.3) is 0 Å². The summed E-state index contributed by atoms with van der Waals surface area (Å²) in [7, 11) is -4.18. The summed E-state index contributed by atoms with van der Waals surface area (Å²) in [5.41, 5.74) is 0. The van der Waals surface area contributed by atoms with Crippen molar-refractivity contribution in [2.75, 3.05) is 6.61 Å². The van der Waals surface area contributed by atoms with Crippen LogP contribution in [0.3, 0.4) is 0 Å². The first kappa shape index (κ1) is 23.8. The molecule has 146 valence electrons. The summed E-state index contributed by atoms with van der Waals surface area (Å²) in [6.07, 6.45) is 20.3. The van der Waals surface area contributed by atoms with Gasteiger partial charge in [-0.25, -0.2) is 9.44 Å². The minimum Gasteiger partial charge on any atom is -0.246 e. The minimum absolute atomic E-state index is 0.0708. The number of rotatable bonds is 19. The molecule has 5 nitrogen and oxygen atoms in total. The van der Waals surface area contributed by atoms with Crippen molar-refractivity contribution in [3.05, 3.63) is 0 Å². The number of unbranched alkanes of at least 4 members (excludes halogenated alkanes) is 15. The molecule has 0 saturated carbocycles. The maximum atomic E-state index is 10.7. The third-order valence-corrected chi connectivity index (χ3v) is 4.95. The summed E-state index contributed by atoms with van der Waals surface area (Å²) in [4.78, 5) is 0. The fourth-order valence-electron chi connectivity index (χ4n) is 2.83. The maximum Gasteiger partial charge on any atom is 0.426 e. The van der Waals surface area contributed by atoms with Gasteiger partial charge in [0.15, 0.2) is 0 Å². The van der Waals surface area contributed by atoms with E-state index < -0.39 is 10.4 Å². The maximum absolute atomic E-state index is 10.7. The molecule has 0 heterocycles. The van der Waals surface area contributed by atoms with E-state index in [2.05, 4.69) is 15.4 Å². The fraction of sp³-hybridized carbons (Fsp3) is 1.00. The van der Waals surface area contributed by atoms with Crippen LogP contribution >= 0.6 is 0 Å². The third-order valence-electron chi connectivity index (χ3n) is 4.32. The molecule has 0 fully saturated rings. The van der Waals surface area contributed by atoms with E-state index in [1.807, 2.05) is 0 Å². The quantitative estimate of drug-likeness (QED) is 0.172. The third kappa shape index (κ3) is 18.2. The van der Waals surface area contributed by atoms with E-state index in [0.717, 1.165) is 12.8 Å². The number of hydrogen-bond donors (Lipinski definition) is 1. The molecule has 0 rings (SSSR count). The van der Waals surface area contributed by atoms with E-state index in [1.54, 1.807) is 0 Å². The van der Waals surface area contributed by atoms with Crippen molar-refractivity contribution in [3.63, 3.8) is 0 Å². The Bertz CT molecular complexity index is 343.